The minimum Gasteiger partial charge on any atom is -0.468 e. The van der Waals surface area contributed by atoms with Gasteiger partial charge < -0.3 is 20.4 Å². The Balaban J connectivity index is 1.96. The zero-order valence-electron chi connectivity index (χ0n) is 9.69. The standard InChI is InChI=1S/C11H12N4O3/c1-18-10(16)5-12-11(17)15-7-2-3-8-9(4-7)14-6-13-8/h2-4,6H,5H2,1H3,(H,13,14)(H2,12,15,17). The van der Waals surface area contributed by atoms with Gasteiger partial charge in [0.2, 0.25) is 0 Å². The van der Waals surface area contributed by atoms with E-state index in [0.29, 0.717) is 5.69 Å². The lowest BCUT2D eigenvalue weighted by atomic mass is 10.3. The first-order chi connectivity index (χ1) is 8.69. The number of carbonyl (C=O) groups excluding carboxylic acids is 2. The minimum absolute atomic E-state index is 0.172. The summed E-state index contributed by atoms with van der Waals surface area (Å²) in [7, 11) is 1.26. The van der Waals surface area contributed by atoms with E-state index in [0.717, 1.165) is 11.0 Å². The highest BCUT2D eigenvalue weighted by Crippen LogP contribution is 2.15. The predicted octanol–water partition coefficient (Wildman–Crippen LogP) is 0.857. The molecule has 3 N–H and O–H groups in total. The summed E-state index contributed by atoms with van der Waals surface area (Å²) < 4.78 is 4.40. The minimum atomic E-state index is -0.505. The van der Waals surface area contributed by atoms with Crippen molar-refractivity contribution in [1.82, 2.24) is 15.3 Å². The summed E-state index contributed by atoms with van der Waals surface area (Å²) in [6, 6.07) is 4.78. The van der Waals surface area contributed by atoms with E-state index >= 15 is 0 Å². The van der Waals surface area contributed by atoms with Crippen molar-refractivity contribution in [3.8, 4) is 0 Å². The maximum absolute atomic E-state index is 11.5. The monoisotopic (exact) mass is 248 g/mol. The molecule has 0 atom stereocenters. The Bertz CT molecular complexity index is 578. The molecule has 7 heteroatoms. The number of urea groups is 1. The number of imidazole rings is 1. The number of carbonyl (C=O) groups is 2. The number of amides is 2. The van der Waals surface area contributed by atoms with Crippen LogP contribution in [0.1, 0.15) is 0 Å². The van der Waals surface area contributed by atoms with E-state index in [9.17, 15) is 9.59 Å². The molecule has 0 aliphatic rings. The molecule has 0 unspecified atom stereocenters. The summed E-state index contributed by atoms with van der Waals surface area (Å²) in [4.78, 5) is 29.3. The SMILES string of the molecule is COC(=O)CNC(=O)Nc1ccc2nc[nH]c2c1. The summed E-state index contributed by atoms with van der Waals surface area (Å²) >= 11 is 0. The third-order valence-electron chi connectivity index (χ3n) is 2.30. The number of nitrogens with zero attached hydrogens (tertiary/aromatic N) is 1. The summed E-state index contributed by atoms with van der Waals surface area (Å²) in [5, 5.41) is 4.97. The van der Waals surface area contributed by atoms with E-state index in [1.807, 2.05) is 0 Å². The van der Waals surface area contributed by atoms with Crippen LogP contribution in [0.15, 0.2) is 24.5 Å². The molecule has 2 aromatic rings. The molecular weight excluding hydrogens is 236 g/mol. The van der Waals surface area contributed by atoms with Gasteiger partial charge in [0.15, 0.2) is 0 Å². The van der Waals surface area contributed by atoms with Crippen LogP contribution < -0.4 is 10.6 Å². The molecule has 2 rings (SSSR count). The topological polar surface area (TPSA) is 96.1 Å². The highest BCUT2D eigenvalue weighted by molar-refractivity contribution is 5.93. The zero-order chi connectivity index (χ0) is 13.0. The molecule has 94 valence electrons. The number of methoxy groups -OCH3 is 1. The number of aromatic amines is 1. The number of nitrogens with one attached hydrogen (secondary N) is 3. The smallest absolute Gasteiger partial charge is 0.325 e. The summed E-state index contributed by atoms with van der Waals surface area (Å²) in [6.45, 7) is -0.172. The van der Waals surface area contributed by atoms with E-state index in [4.69, 9.17) is 0 Å². The average molecular weight is 248 g/mol. The quantitative estimate of drug-likeness (QED) is 0.702. The second-order valence-corrected chi connectivity index (χ2v) is 3.52. The van der Waals surface area contributed by atoms with Crippen molar-refractivity contribution in [2.45, 2.75) is 0 Å². The molecule has 0 saturated carbocycles. The number of hydrogen-bond donors (Lipinski definition) is 3. The maximum atomic E-state index is 11.5. The van der Waals surface area contributed by atoms with Gasteiger partial charge in [0.05, 0.1) is 24.5 Å². The van der Waals surface area contributed by atoms with Crippen molar-refractivity contribution in [2.75, 3.05) is 19.0 Å². The van der Waals surface area contributed by atoms with Gasteiger partial charge >= 0.3 is 12.0 Å². The normalized spacial score (nSPS) is 10.1. The van der Waals surface area contributed by atoms with Crippen LogP contribution in [0.2, 0.25) is 0 Å². The van der Waals surface area contributed by atoms with Crippen LogP contribution in [0.3, 0.4) is 0 Å². The van der Waals surface area contributed by atoms with Crippen LogP contribution in [0, 0.1) is 0 Å². The molecule has 0 fully saturated rings. The van der Waals surface area contributed by atoms with Gasteiger partial charge in [-0.25, -0.2) is 9.78 Å². The van der Waals surface area contributed by atoms with Gasteiger partial charge in [-0.2, -0.15) is 0 Å². The molecule has 1 heterocycles. The second-order valence-electron chi connectivity index (χ2n) is 3.52. The van der Waals surface area contributed by atoms with Gasteiger partial charge in [0, 0.05) is 5.69 Å². The van der Waals surface area contributed by atoms with Gasteiger partial charge in [-0.15, -0.1) is 0 Å². The fourth-order valence-corrected chi connectivity index (χ4v) is 1.41. The first-order valence-electron chi connectivity index (χ1n) is 5.24. The first-order valence-corrected chi connectivity index (χ1v) is 5.24. The third kappa shape index (κ3) is 2.76. The number of hydrogen-bond acceptors (Lipinski definition) is 4. The van der Waals surface area contributed by atoms with Crippen molar-refractivity contribution >= 4 is 28.7 Å². The average Bonchev–Trinajstić information content (AvgIpc) is 2.83. The van der Waals surface area contributed by atoms with Gasteiger partial charge in [-0.1, -0.05) is 0 Å². The summed E-state index contributed by atoms with van der Waals surface area (Å²) in [5.41, 5.74) is 2.24. The molecule has 0 spiro atoms. The zero-order valence-corrected chi connectivity index (χ0v) is 9.69. The van der Waals surface area contributed by atoms with E-state index in [-0.39, 0.29) is 6.54 Å². The lowest BCUT2D eigenvalue weighted by Gasteiger charge is -2.06. The van der Waals surface area contributed by atoms with E-state index in [1.165, 1.54) is 7.11 Å². The lowest BCUT2D eigenvalue weighted by Crippen LogP contribution is -2.33. The van der Waals surface area contributed by atoms with Gasteiger partial charge in [-0.05, 0) is 18.2 Å². The highest BCUT2D eigenvalue weighted by Gasteiger charge is 2.06. The maximum Gasteiger partial charge on any atom is 0.325 e. The van der Waals surface area contributed by atoms with Crippen LogP contribution in [0.4, 0.5) is 10.5 Å². The first kappa shape index (κ1) is 11.9. The van der Waals surface area contributed by atoms with Crippen LogP contribution in [0.5, 0.6) is 0 Å². The fraction of sp³-hybridized carbons (Fsp3) is 0.182. The van der Waals surface area contributed by atoms with E-state index in [2.05, 4.69) is 25.3 Å². The largest absolute Gasteiger partial charge is 0.468 e. The molecule has 18 heavy (non-hydrogen) atoms. The third-order valence-corrected chi connectivity index (χ3v) is 2.30. The van der Waals surface area contributed by atoms with Crippen molar-refractivity contribution in [2.24, 2.45) is 0 Å². The molecule has 0 radical (unpaired) electrons. The van der Waals surface area contributed by atoms with Crippen LogP contribution in [0.25, 0.3) is 11.0 Å². The Hall–Kier alpha value is -2.57. The molecule has 0 aliphatic carbocycles. The Kier molecular flexibility index (Phi) is 3.42. The number of benzene rings is 1. The number of fused-ring (bicyclic) bond motifs is 1. The van der Waals surface area contributed by atoms with Crippen LogP contribution >= 0.6 is 0 Å². The number of ether oxygens (including phenoxy) is 1. The van der Waals surface area contributed by atoms with Crippen LogP contribution in [-0.2, 0) is 9.53 Å². The van der Waals surface area contributed by atoms with Crippen molar-refractivity contribution in [1.29, 1.82) is 0 Å². The lowest BCUT2D eigenvalue weighted by molar-refractivity contribution is -0.139. The summed E-state index contributed by atoms with van der Waals surface area (Å²) in [5.74, 6) is -0.505. The molecule has 0 saturated heterocycles. The van der Waals surface area contributed by atoms with Crippen molar-refractivity contribution in [3.05, 3.63) is 24.5 Å². The van der Waals surface area contributed by atoms with E-state index in [1.54, 1.807) is 24.5 Å². The number of aromatic nitrogens is 2. The Morgan fingerprint density at radius 1 is 1.44 bits per heavy atom. The molecule has 1 aromatic heterocycles. The number of anilines is 1. The molecular formula is C11H12N4O3. The molecule has 2 amide bonds. The van der Waals surface area contributed by atoms with Crippen molar-refractivity contribution < 1.29 is 14.3 Å². The fourth-order valence-electron chi connectivity index (χ4n) is 1.41. The Morgan fingerprint density at radius 2 is 2.28 bits per heavy atom. The number of H-pyrrole nitrogens is 1. The van der Waals surface area contributed by atoms with Crippen LogP contribution in [-0.4, -0.2) is 35.6 Å². The predicted molar refractivity (Wildman–Crippen MR) is 65.1 cm³/mol. The highest BCUT2D eigenvalue weighted by atomic mass is 16.5. The molecule has 0 aliphatic heterocycles. The van der Waals surface area contributed by atoms with Crippen molar-refractivity contribution in [3.63, 3.8) is 0 Å². The Morgan fingerprint density at radius 3 is 3.06 bits per heavy atom. The number of rotatable bonds is 3. The van der Waals surface area contributed by atoms with E-state index < -0.39 is 12.0 Å². The van der Waals surface area contributed by atoms with Gasteiger partial charge in [-0.3, -0.25) is 4.79 Å². The molecule has 7 nitrogen and oxygen atoms in total. The van der Waals surface area contributed by atoms with Gasteiger partial charge in [0.1, 0.15) is 6.54 Å². The molecule has 0 bridgehead atoms. The Labute approximate surface area is 103 Å². The molecule has 1 aromatic carbocycles. The van der Waals surface area contributed by atoms with Gasteiger partial charge in [0.25, 0.3) is 0 Å². The number of esters is 1. The summed E-state index contributed by atoms with van der Waals surface area (Å²) in [6.07, 6.45) is 1.58. The second kappa shape index (κ2) is 5.17.